The minimum absolute atomic E-state index is 0.00774. The molecule has 0 unspecified atom stereocenters. The van der Waals surface area contributed by atoms with Crippen molar-refractivity contribution >= 4 is 29.7 Å². The van der Waals surface area contributed by atoms with Gasteiger partial charge in [0.05, 0.1) is 13.2 Å². The summed E-state index contributed by atoms with van der Waals surface area (Å²) < 4.78 is 4.80. The van der Waals surface area contributed by atoms with Crippen molar-refractivity contribution in [2.75, 3.05) is 31.6 Å². The van der Waals surface area contributed by atoms with E-state index in [1.165, 1.54) is 6.08 Å². The number of urea groups is 1. The van der Waals surface area contributed by atoms with Crippen LogP contribution in [0.5, 0.6) is 0 Å². The Labute approximate surface area is 147 Å². The summed E-state index contributed by atoms with van der Waals surface area (Å²) in [6.45, 7) is 3.61. The monoisotopic (exact) mass is 345 g/mol. The van der Waals surface area contributed by atoms with Crippen molar-refractivity contribution in [3.8, 4) is 0 Å². The Morgan fingerprint density at radius 1 is 1.16 bits per heavy atom. The lowest BCUT2D eigenvalue weighted by molar-refractivity contribution is -0.137. The fourth-order valence-electron chi connectivity index (χ4n) is 2.44. The van der Waals surface area contributed by atoms with Crippen LogP contribution in [0.2, 0.25) is 0 Å². The van der Waals surface area contributed by atoms with Crippen LogP contribution in [-0.2, 0) is 14.3 Å². The lowest BCUT2D eigenvalue weighted by Gasteiger charge is -2.15. The number of likely N-dealkylation sites (tertiary alicyclic amines) is 1. The van der Waals surface area contributed by atoms with Crippen LogP contribution in [0.3, 0.4) is 0 Å². The van der Waals surface area contributed by atoms with Gasteiger partial charge in [-0.05, 0) is 43.5 Å². The van der Waals surface area contributed by atoms with Gasteiger partial charge in [0, 0.05) is 24.9 Å². The average Bonchev–Trinajstić information content (AvgIpc) is 3.14. The van der Waals surface area contributed by atoms with Gasteiger partial charge < -0.3 is 20.3 Å². The second-order valence-electron chi connectivity index (χ2n) is 5.60. The lowest BCUT2D eigenvalue weighted by Crippen LogP contribution is -2.40. The van der Waals surface area contributed by atoms with Gasteiger partial charge in [0.1, 0.15) is 0 Å². The largest absolute Gasteiger partial charge is 0.463 e. The summed E-state index contributed by atoms with van der Waals surface area (Å²) in [5.41, 5.74) is 1.41. The molecule has 1 fully saturated rings. The van der Waals surface area contributed by atoms with Crippen LogP contribution in [0, 0.1) is 0 Å². The molecule has 1 heterocycles. The number of ether oxygens (including phenoxy) is 1. The molecule has 0 bridgehead atoms. The Hall–Kier alpha value is -2.83. The molecule has 0 radical (unpaired) electrons. The average molecular weight is 345 g/mol. The predicted octanol–water partition coefficient (Wildman–Crippen LogP) is 2.01. The Balaban J connectivity index is 1.77. The van der Waals surface area contributed by atoms with Gasteiger partial charge in [0.25, 0.3) is 0 Å². The molecule has 0 spiro atoms. The van der Waals surface area contributed by atoms with Crippen molar-refractivity contribution in [3.05, 3.63) is 35.9 Å². The first-order valence-electron chi connectivity index (χ1n) is 8.36. The SMILES string of the molecule is CCOC(=O)/C=C/c1ccc(NC(=O)NCC(=O)N2CCCC2)cc1. The molecule has 0 atom stereocenters. The van der Waals surface area contributed by atoms with Gasteiger partial charge >= 0.3 is 12.0 Å². The maximum atomic E-state index is 11.9. The summed E-state index contributed by atoms with van der Waals surface area (Å²) in [7, 11) is 0. The number of esters is 1. The van der Waals surface area contributed by atoms with E-state index in [-0.39, 0.29) is 12.5 Å². The highest BCUT2D eigenvalue weighted by molar-refractivity contribution is 5.92. The highest BCUT2D eigenvalue weighted by Crippen LogP contribution is 2.11. The molecule has 0 aliphatic carbocycles. The molecule has 1 aliphatic rings. The summed E-state index contributed by atoms with van der Waals surface area (Å²) in [5.74, 6) is -0.459. The number of hydrogen-bond acceptors (Lipinski definition) is 4. The number of anilines is 1. The second kappa shape index (κ2) is 9.46. The first kappa shape index (κ1) is 18.5. The summed E-state index contributed by atoms with van der Waals surface area (Å²) in [6, 6.07) is 6.53. The molecule has 1 aromatic carbocycles. The topological polar surface area (TPSA) is 87.7 Å². The molecule has 3 amide bonds. The number of nitrogens with zero attached hydrogens (tertiary/aromatic N) is 1. The van der Waals surface area contributed by atoms with E-state index in [0.717, 1.165) is 31.5 Å². The third-order valence-electron chi connectivity index (χ3n) is 3.73. The molecule has 0 aromatic heterocycles. The maximum Gasteiger partial charge on any atom is 0.330 e. The van der Waals surface area contributed by atoms with Gasteiger partial charge in [0.15, 0.2) is 0 Å². The van der Waals surface area contributed by atoms with Crippen molar-refractivity contribution in [2.24, 2.45) is 0 Å². The third-order valence-corrected chi connectivity index (χ3v) is 3.73. The highest BCUT2D eigenvalue weighted by atomic mass is 16.5. The van der Waals surface area contributed by atoms with E-state index >= 15 is 0 Å². The molecule has 134 valence electrons. The fourth-order valence-corrected chi connectivity index (χ4v) is 2.44. The normalized spacial score (nSPS) is 13.7. The molecular formula is C18H23N3O4. The molecule has 1 aromatic rings. The number of hydrogen-bond donors (Lipinski definition) is 2. The molecule has 7 nitrogen and oxygen atoms in total. The maximum absolute atomic E-state index is 11.9. The number of benzene rings is 1. The number of amides is 3. The van der Waals surface area contributed by atoms with Gasteiger partial charge in [0.2, 0.25) is 5.91 Å². The van der Waals surface area contributed by atoms with Gasteiger partial charge in [-0.2, -0.15) is 0 Å². The number of nitrogens with one attached hydrogen (secondary N) is 2. The summed E-state index contributed by atoms with van der Waals surface area (Å²) in [4.78, 5) is 36.7. The van der Waals surface area contributed by atoms with Crippen LogP contribution in [0.25, 0.3) is 6.08 Å². The van der Waals surface area contributed by atoms with Gasteiger partial charge in [-0.25, -0.2) is 9.59 Å². The number of carbonyl (C=O) groups excluding carboxylic acids is 3. The molecule has 2 rings (SSSR count). The van der Waals surface area contributed by atoms with Crippen molar-refractivity contribution in [1.29, 1.82) is 0 Å². The van der Waals surface area contributed by atoms with E-state index in [1.54, 1.807) is 42.2 Å². The van der Waals surface area contributed by atoms with Gasteiger partial charge in [-0.3, -0.25) is 4.79 Å². The number of rotatable bonds is 6. The summed E-state index contributed by atoms with van der Waals surface area (Å²) in [6.07, 6.45) is 5.03. The third kappa shape index (κ3) is 6.29. The van der Waals surface area contributed by atoms with E-state index in [0.29, 0.717) is 12.3 Å². The molecule has 7 heteroatoms. The van der Waals surface area contributed by atoms with E-state index in [4.69, 9.17) is 4.74 Å². The van der Waals surface area contributed by atoms with E-state index in [9.17, 15) is 14.4 Å². The van der Waals surface area contributed by atoms with Crippen molar-refractivity contribution in [3.63, 3.8) is 0 Å². The van der Waals surface area contributed by atoms with Crippen molar-refractivity contribution < 1.29 is 19.1 Å². The minimum atomic E-state index is -0.428. The molecular weight excluding hydrogens is 322 g/mol. The smallest absolute Gasteiger partial charge is 0.330 e. The van der Waals surface area contributed by atoms with Gasteiger partial charge in [-0.15, -0.1) is 0 Å². The van der Waals surface area contributed by atoms with Crippen LogP contribution in [-0.4, -0.2) is 49.0 Å². The standard InChI is InChI=1S/C18H23N3O4/c1-2-25-17(23)10-7-14-5-8-15(9-6-14)20-18(24)19-13-16(22)21-11-3-4-12-21/h5-10H,2-4,11-13H2,1H3,(H2,19,20,24)/b10-7+. The van der Waals surface area contributed by atoms with Crippen LogP contribution in [0.15, 0.2) is 30.3 Å². The Morgan fingerprint density at radius 2 is 1.84 bits per heavy atom. The Morgan fingerprint density at radius 3 is 2.48 bits per heavy atom. The Bertz CT molecular complexity index is 634. The van der Waals surface area contributed by atoms with E-state index < -0.39 is 12.0 Å². The quantitative estimate of drug-likeness (QED) is 0.610. The highest BCUT2D eigenvalue weighted by Gasteiger charge is 2.17. The van der Waals surface area contributed by atoms with Crippen molar-refractivity contribution in [1.82, 2.24) is 10.2 Å². The molecule has 1 saturated heterocycles. The number of carbonyl (C=O) groups is 3. The van der Waals surface area contributed by atoms with E-state index in [2.05, 4.69) is 10.6 Å². The predicted molar refractivity (Wildman–Crippen MR) is 94.9 cm³/mol. The van der Waals surface area contributed by atoms with Crippen LogP contribution in [0.1, 0.15) is 25.3 Å². The van der Waals surface area contributed by atoms with Gasteiger partial charge in [-0.1, -0.05) is 12.1 Å². The zero-order valence-corrected chi connectivity index (χ0v) is 14.3. The first-order chi connectivity index (χ1) is 12.1. The second-order valence-corrected chi connectivity index (χ2v) is 5.60. The molecule has 1 aliphatic heterocycles. The zero-order chi connectivity index (χ0) is 18.1. The molecule has 2 N–H and O–H groups in total. The molecule has 25 heavy (non-hydrogen) atoms. The Kier molecular flexibility index (Phi) is 7.00. The zero-order valence-electron chi connectivity index (χ0n) is 14.3. The lowest BCUT2D eigenvalue weighted by atomic mass is 10.2. The van der Waals surface area contributed by atoms with E-state index in [1.807, 2.05) is 0 Å². The van der Waals surface area contributed by atoms with Crippen LogP contribution in [0.4, 0.5) is 10.5 Å². The molecule has 0 saturated carbocycles. The summed E-state index contributed by atoms with van der Waals surface area (Å²) >= 11 is 0. The fraction of sp³-hybridized carbons (Fsp3) is 0.389. The van der Waals surface area contributed by atoms with Crippen LogP contribution < -0.4 is 10.6 Å². The summed E-state index contributed by atoms with van der Waals surface area (Å²) in [5, 5.41) is 5.22. The van der Waals surface area contributed by atoms with Crippen molar-refractivity contribution in [2.45, 2.75) is 19.8 Å². The van der Waals surface area contributed by atoms with Crippen LogP contribution >= 0.6 is 0 Å². The first-order valence-corrected chi connectivity index (χ1v) is 8.36. The minimum Gasteiger partial charge on any atom is -0.463 e.